The van der Waals surface area contributed by atoms with Crippen LogP contribution in [0.2, 0.25) is 0 Å². The van der Waals surface area contributed by atoms with Crippen molar-refractivity contribution in [3.8, 4) is 17.0 Å². The van der Waals surface area contributed by atoms with Crippen LogP contribution in [0.1, 0.15) is 20.3 Å². The number of nitrogens with one attached hydrogen (secondary N) is 1. The summed E-state index contributed by atoms with van der Waals surface area (Å²) in [6.07, 6.45) is 0.302. The number of carbonyl (C=O) groups excluding carboxylic acids is 1. The molecular formula is C16H21N3O2S. The molecule has 0 aliphatic heterocycles. The Morgan fingerprint density at radius 1 is 1.36 bits per heavy atom. The Morgan fingerprint density at radius 2 is 2.09 bits per heavy atom. The summed E-state index contributed by atoms with van der Waals surface area (Å²) in [5.74, 6) is 1.24. The fraction of sp³-hybridized carbons (Fsp3) is 0.375. The van der Waals surface area contributed by atoms with Gasteiger partial charge in [-0.05, 0) is 30.2 Å². The summed E-state index contributed by atoms with van der Waals surface area (Å²) in [4.78, 5) is 15.9. The van der Waals surface area contributed by atoms with E-state index in [1.807, 2.05) is 29.6 Å². The van der Waals surface area contributed by atoms with E-state index in [-0.39, 0.29) is 5.91 Å². The lowest BCUT2D eigenvalue weighted by Gasteiger charge is -2.08. The van der Waals surface area contributed by atoms with Crippen molar-refractivity contribution in [2.24, 2.45) is 11.7 Å². The Balaban J connectivity index is 2.00. The number of carbonyl (C=O) groups is 1. The second-order valence-corrected chi connectivity index (χ2v) is 6.21. The molecule has 0 radical (unpaired) electrons. The van der Waals surface area contributed by atoms with Gasteiger partial charge in [-0.15, -0.1) is 11.3 Å². The third-order valence-electron chi connectivity index (χ3n) is 2.86. The summed E-state index contributed by atoms with van der Waals surface area (Å²) in [6, 6.07) is 7.81. The van der Waals surface area contributed by atoms with Crippen LogP contribution in [0.15, 0.2) is 29.6 Å². The van der Waals surface area contributed by atoms with Gasteiger partial charge in [0.1, 0.15) is 5.75 Å². The molecule has 0 spiro atoms. The maximum Gasteiger partial charge on any atom is 0.227 e. The normalized spacial score (nSPS) is 10.7. The number of nitrogens with zero attached hydrogens (tertiary/aromatic N) is 1. The van der Waals surface area contributed by atoms with Crippen molar-refractivity contribution in [1.29, 1.82) is 0 Å². The smallest absolute Gasteiger partial charge is 0.227 e. The molecule has 0 atom stereocenters. The first kappa shape index (κ1) is 16.5. The second-order valence-electron chi connectivity index (χ2n) is 5.35. The Labute approximate surface area is 134 Å². The standard InChI is InChI=1S/C16H21N3O2S/c1-11(2)9-21-13-5-3-12(4-6-13)14-10-22-16(18-14)19-15(20)7-8-17/h3-6,10-11H,7-9,17H2,1-2H3,(H,18,19,20). The first-order valence-electron chi connectivity index (χ1n) is 7.27. The minimum atomic E-state index is -0.110. The first-order chi connectivity index (χ1) is 10.6. The van der Waals surface area contributed by atoms with Crippen LogP contribution in [0.3, 0.4) is 0 Å². The van der Waals surface area contributed by atoms with E-state index < -0.39 is 0 Å². The topological polar surface area (TPSA) is 77.2 Å². The Morgan fingerprint density at radius 3 is 2.73 bits per heavy atom. The summed E-state index contributed by atoms with van der Waals surface area (Å²) in [5.41, 5.74) is 7.18. The van der Waals surface area contributed by atoms with Gasteiger partial charge >= 0.3 is 0 Å². The molecule has 3 N–H and O–H groups in total. The number of hydrogen-bond donors (Lipinski definition) is 2. The van der Waals surface area contributed by atoms with Gasteiger partial charge < -0.3 is 15.8 Å². The van der Waals surface area contributed by atoms with Crippen molar-refractivity contribution >= 4 is 22.4 Å². The summed E-state index contributed by atoms with van der Waals surface area (Å²) in [6.45, 7) is 5.27. The third-order valence-corrected chi connectivity index (χ3v) is 3.61. The van der Waals surface area contributed by atoms with Crippen molar-refractivity contribution in [1.82, 2.24) is 4.98 Å². The van der Waals surface area contributed by atoms with E-state index in [0.29, 0.717) is 30.6 Å². The zero-order chi connectivity index (χ0) is 15.9. The molecule has 5 nitrogen and oxygen atoms in total. The molecular weight excluding hydrogens is 298 g/mol. The molecule has 0 aliphatic rings. The molecule has 22 heavy (non-hydrogen) atoms. The molecule has 0 unspecified atom stereocenters. The predicted octanol–water partition coefficient (Wildman–Crippen LogP) is 3.13. The third kappa shape index (κ3) is 4.82. The molecule has 0 aliphatic carbocycles. The average molecular weight is 319 g/mol. The number of amides is 1. The Kier molecular flexibility index (Phi) is 5.91. The fourth-order valence-electron chi connectivity index (χ4n) is 1.76. The second kappa shape index (κ2) is 7.91. The molecule has 0 bridgehead atoms. The van der Waals surface area contributed by atoms with E-state index >= 15 is 0 Å². The Bertz CT molecular complexity index is 608. The summed E-state index contributed by atoms with van der Waals surface area (Å²) in [7, 11) is 0. The van der Waals surface area contributed by atoms with Gasteiger partial charge in [-0.3, -0.25) is 4.79 Å². The van der Waals surface area contributed by atoms with E-state index in [4.69, 9.17) is 10.5 Å². The van der Waals surface area contributed by atoms with Gasteiger partial charge in [0.15, 0.2) is 5.13 Å². The molecule has 118 valence electrons. The number of rotatable bonds is 7. The van der Waals surface area contributed by atoms with Gasteiger partial charge in [-0.1, -0.05) is 13.8 Å². The maximum atomic E-state index is 11.5. The predicted molar refractivity (Wildman–Crippen MR) is 90.2 cm³/mol. The van der Waals surface area contributed by atoms with Crippen molar-refractivity contribution in [3.63, 3.8) is 0 Å². The number of nitrogens with two attached hydrogens (primary N) is 1. The molecule has 1 heterocycles. The summed E-state index contributed by atoms with van der Waals surface area (Å²) >= 11 is 1.40. The van der Waals surface area contributed by atoms with Gasteiger partial charge in [-0.25, -0.2) is 4.98 Å². The van der Waals surface area contributed by atoms with Crippen molar-refractivity contribution < 1.29 is 9.53 Å². The highest BCUT2D eigenvalue weighted by Crippen LogP contribution is 2.26. The molecule has 1 aromatic carbocycles. The number of aromatic nitrogens is 1. The van der Waals surface area contributed by atoms with Gasteiger partial charge in [0.05, 0.1) is 12.3 Å². The van der Waals surface area contributed by atoms with Crippen LogP contribution in [-0.4, -0.2) is 24.0 Å². The first-order valence-corrected chi connectivity index (χ1v) is 8.15. The van der Waals surface area contributed by atoms with Crippen LogP contribution >= 0.6 is 11.3 Å². The SMILES string of the molecule is CC(C)COc1ccc(-c2csc(NC(=O)CCN)n2)cc1. The fourth-order valence-corrected chi connectivity index (χ4v) is 2.50. The van der Waals surface area contributed by atoms with E-state index in [2.05, 4.69) is 24.1 Å². The molecule has 2 rings (SSSR count). The summed E-state index contributed by atoms with van der Waals surface area (Å²) in [5, 5.41) is 5.25. The minimum absolute atomic E-state index is 0.110. The lowest BCUT2D eigenvalue weighted by Crippen LogP contribution is -2.15. The van der Waals surface area contributed by atoms with E-state index in [1.165, 1.54) is 11.3 Å². The number of ether oxygens (including phenoxy) is 1. The molecule has 0 saturated heterocycles. The highest BCUT2D eigenvalue weighted by atomic mass is 32.1. The van der Waals surface area contributed by atoms with Crippen LogP contribution < -0.4 is 15.8 Å². The van der Waals surface area contributed by atoms with E-state index in [0.717, 1.165) is 17.0 Å². The average Bonchev–Trinajstić information content (AvgIpc) is 2.94. The molecule has 1 amide bonds. The number of anilines is 1. The monoisotopic (exact) mass is 319 g/mol. The van der Waals surface area contributed by atoms with Gasteiger partial charge in [0.2, 0.25) is 5.91 Å². The van der Waals surface area contributed by atoms with Crippen LogP contribution in [0.5, 0.6) is 5.75 Å². The molecule has 2 aromatic rings. The lowest BCUT2D eigenvalue weighted by molar-refractivity contribution is -0.116. The van der Waals surface area contributed by atoms with E-state index in [9.17, 15) is 4.79 Å². The zero-order valence-corrected chi connectivity index (χ0v) is 13.7. The van der Waals surface area contributed by atoms with E-state index in [1.54, 1.807) is 0 Å². The number of benzene rings is 1. The Hall–Kier alpha value is -1.92. The highest BCUT2D eigenvalue weighted by Gasteiger charge is 2.08. The highest BCUT2D eigenvalue weighted by molar-refractivity contribution is 7.14. The zero-order valence-electron chi connectivity index (χ0n) is 12.8. The van der Waals surface area contributed by atoms with Crippen LogP contribution in [0, 0.1) is 5.92 Å². The van der Waals surface area contributed by atoms with Crippen molar-refractivity contribution in [2.75, 3.05) is 18.5 Å². The lowest BCUT2D eigenvalue weighted by atomic mass is 10.2. The quantitative estimate of drug-likeness (QED) is 0.822. The van der Waals surface area contributed by atoms with Crippen LogP contribution in [-0.2, 0) is 4.79 Å². The number of hydrogen-bond acceptors (Lipinski definition) is 5. The summed E-state index contributed by atoms with van der Waals surface area (Å²) < 4.78 is 5.66. The van der Waals surface area contributed by atoms with Crippen LogP contribution in [0.4, 0.5) is 5.13 Å². The van der Waals surface area contributed by atoms with Gasteiger partial charge in [-0.2, -0.15) is 0 Å². The molecule has 1 aromatic heterocycles. The van der Waals surface area contributed by atoms with Gasteiger partial charge in [0.25, 0.3) is 0 Å². The maximum absolute atomic E-state index is 11.5. The largest absolute Gasteiger partial charge is 0.493 e. The van der Waals surface area contributed by atoms with Crippen LogP contribution in [0.25, 0.3) is 11.3 Å². The molecule has 6 heteroatoms. The molecule has 0 fully saturated rings. The number of thiazole rings is 1. The van der Waals surface area contributed by atoms with Crippen molar-refractivity contribution in [3.05, 3.63) is 29.6 Å². The minimum Gasteiger partial charge on any atom is -0.493 e. The van der Waals surface area contributed by atoms with Gasteiger partial charge in [0, 0.05) is 23.9 Å². The molecule has 0 saturated carbocycles. The van der Waals surface area contributed by atoms with Crippen molar-refractivity contribution in [2.45, 2.75) is 20.3 Å².